The maximum absolute atomic E-state index is 5.42. The first-order valence-electron chi connectivity index (χ1n) is 7.07. The lowest BCUT2D eigenvalue weighted by molar-refractivity contribution is 0.122. The molecule has 1 aromatic heterocycles. The van der Waals surface area contributed by atoms with E-state index in [1.165, 1.54) is 11.3 Å². The Hall–Kier alpha value is -1.78. The predicted octanol–water partition coefficient (Wildman–Crippen LogP) is 2.41. The van der Waals surface area contributed by atoms with Crippen LogP contribution in [0.2, 0.25) is 0 Å². The predicted molar refractivity (Wildman–Crippen MR) is 78.7 cm³/mol. The number of morpholine rings is 1. The summed E-state index contributed by atoms with van der Waals surface area (Å²) in [6, 6.07) is 12.5. The molecule has 3 rings (SSSR count). The van der Waals surface area contributed by atoms with Gasteiger partial charge in [-0.25, -0.2) is 0 Å². The molecule has 1 aromatic carbocycles. The molecule has 20 heavy (non-hydrogen) atoms. The molecule has 0 spiro atoms. The van der Waals surface area contributed by atoms with Gasteiger partial charge in [0, 0.05) is 25.3 Å². The summed E-state index contributed by atoms with van der Waals surface area (Å²) in [5.74, 6) is 0.967. The number of para-hydroxylation sites is 1. The van der Waals surface area contributed by atoms with Crippen molar-refractivity contribution in [3.05, 3.63) is 54.0 Å². The fraction of sp³-hybridized carbons (Fsp3) is 0.375. The fourth-order valence-corrected chi connectivity index (χ4v) is 2.51. The van der Waals surface area contributed by atoms with Crippen LogP contribution in [0.4, 0.5) is 5.69 Å². The number of hydrogen-bond acceptors (Lipinski definition) is 4. The van der Waals surface area contributed by atoms with Gasteiger partial charge in [0.05, 0.1) is 26.0 Å². The summed E-state index contributed by atoms with van der Waals surface area (Å²) in [7, 11) is 0. The van der Waals surface area contributed by atoms with E-state index < -0.39 is 0 Å². The standard InChI is InChI=1S/C16H20N2O2/c1-2-6-16(18-7-10-19-11-8-18)14(4-1)12-17-13-15-5-3-9-20-15/h1-6,9,17H,7-8,10-13H2. The Bertz CT molecular complexity index is 519. The quantitative estimate of drug-likeness (QED) is 0.907. The third kappa shape index (κ3) is 3.21. The molecule has 1 N–H and O–H groups in total. The van der Waals surface area contributed by atoms with Crippen molar-refractivity contribution >= 4 is 5.69 Å². The molecule has 0 amide bonds. The van der Waals surface area contributed by atoms with Crippen LogP contribution in [-0.2, 0) is 17.8 Å². The van der Waals surface area contributed by atoms with E-state index >= 15 is 0 Å². The molecule has 1 aliphatic heterocycles. The van der Waals surface area contributed by atoms with E-state index in [-0.39, 0.29) is 0 Å². The molecule has 1 saturated heterocycles. The molecule has 1 aliphatic rings. The van der Waals surface area contributed by atoms with Crippen LogP contribution in [0.1, 0.15) is 11.3 Å². The van der Waals surface area contributed by atoms with Crippen LogP contribution in [0.5, 0.6) is 0 Å². The zero-order chi connectivity index (χ0) is 13.6. The monoisotopic (exact) mass is 272 g/mol. The van der Waals surface area contributed by atoms with Crippen molar-refractivity contribution in [3.8, 4) is 0 Å². The number of ether oxygens (including phenoxy) is 1. The van der Waals surface area contributed by atoms with Gasteiger partial charge in [0.1, 0.15) is 5.76 Å². The summed E-state index contributed by atoms with van der Waals surface area (Å²) in [6.45, 7) is 5.16. The molecule has 1 fully saturated rings. The molecule has 0 saturated carbocycles. The van der Waals surface area contributed by atoms with Gasteiger partial charge in [-0.3, -0.25) is 0 Å². The molecule has 0 radical (unpaired) electrons. The van der Waals surface area contributed by atoms with Crippen LogP contribution >= 0.6 is 0 Å². The zero-order valence-electron chi connectivity index (χ0n) is 11.5. The lowest BCUT2D eigenvalue weighted by atomic mass is 10.1. The fourth-order valence-electron chi connectivity index (χ4n) is 2.51. The van der Waals surface area contributed by atoms with Gasteiger partial charge in [0.15, 0.2) is 0 Å². The second-order valence-electron chi connectivity index (χ2n) is 4.91. The van der Waals surface area contributed by atoms with Crippen molar-refractivity contribution < 1.29 is 9.15 Å². The average Bonchev–Trinajstić information content (AvgIpc) is 3.02. The van der Waals surface area contributed by atoms with Crippen molar-refractivity contribution in [3.63, 3.8) is 0 Å². The summed E-state index contributed by atoms with van der Waals surface area (Å²) < 4.78 is 10.8. The Labute approximate surface area is 119 Å². The van der Waals surface area contributed by atoms with Gasteiger partial charge in [-0.15, -0.1) is 0 Å². The summed E-state index contributed by atoms with van der Waals surface area (Å²) in [5, 5.41) is 3.43. The van der Waals surface area contributed by atoms with Crippen LogP contribution in [0, 0.1) is 0 Å². The first kappa shape index (κ1) is 13.2. The van der Waals surface area contributed by atoms with Crippen molar-refractivity contribution in [1.82, 2.24) is 5.32 Å². The normalized spacial score (nSPS) is 15.5. The molecule has 0 aliphatic carbocycles. The number of benzene rings is 1. The van der Waals surface area contributed by atoms with Gasteiger partial charge < -0.3 is 19.4 Å². The minimum Gasteiger partial charge on any atom is -0.468 e. The van der Waals surface area contributed by atoms with Gasteiger partial charge in [-0.05, 0) is 23.8 Å². The third-order valence-electron chi connectivity index (χ3n) is 3.54. The molecular formula is C16H20N2O2. The summed E-state index contributed by atoms with van der Waals surface area (Å²) in [5.41, 5.74) is 2.63. The highest BCUT2D eigenvalue weighted by Crippen LogP contribution is 2.21. The second kappa shape index (κ2) is 6.59. The smallest absolute Gasteiger partial charge is 0.117 e. The average molecular weight is 272 g/mol. The Kier molecular flexibility index (Phi) is 4.35. The lowest BCUT2D eigenvalue weighted by Gasteiger charge is -2.30. The third-order valence-corrected chi connectivity index (χ3v) is 3.54. The second-order valence-corrected chi connectivity index (χ2v) is 4.91. The highest BCUT2D eigenvalue weighted by molar-refractivity contribution is 5.53. The Morgan fingerprint density at radius 3 is 2.65 bits per heavy atom. The Balaban J connectivity index is 1.63. The van der Waals surface area contributed by atoms with Crippen LogP contribution in [-0.4, -0.2) is 26.3 Å². The van der Waals surface area contributed by atoms with Gasteiger partial charge >= 0.3 is 0 Å². The van der Waals surface area contributed by atoms with Crippen LogP contribution in [0.15, 0.2) is 47.1 Å². The maximum atomic E-state index is 5.42. The van der Waals surface area contributed by atoms with E-state index in [0.717, 1.165) is 45.2 Å². The molecule has 0 atom stereocenters. The van der Waals surface area contributed by atoms with Crippen molar-refractivity contribution in [1.29, 1.82) is 0 Å². The SMILES string of the molecule is c1coc(CNCc2ccccc2N2CCOCC2)c1. The first-order valence-corrected chi connectivity index (χ1v) is 7.07. The Morgan fingerprint density at radius 2 is 1.85 bits per heavy atom. The zero-order valence-corrected chi connectivity index (χ0v) is 11.5. The number of furan rings is 1. The van der Waals surface area contributed by atoms with Crippen molar-refractivity contribution in [2.75, 3.05) is 31.2 Å². The molecule has 0 unspecified atom stereocenters. The minimum absolute atomic E-state index is 0.754. The van der Waals surface area contributed by atoms with Crippen LogP contribution in [0.25, 0.3) is 0 Å². The largest absolute Gasteiger partial charge is 0.468 e. The molecule has 0 bridgehead atoms. The van der Waals surface area contributed by atoms with E-state index in [1.807, 2.05) is 12.1 Å². The van der Waals surface area contributed by atoms with Gasteiger partial charge in [0.2, 0.25) is 0 Å². The van der Waals surface area contributed by atoms with Crippen molar-refractivity contribution in [2.24, 2.45) is 0 Å². The van der Waals surface area contributed by atoms with Crippen LogP contribution < -0.4 is 10.2 Å². The van der Waals surface area contributed by atoms with E-state index in [9.17, 15) is 0 Å². The number of anilines is 1. The lowest BCUT2D eigenvalue weighted by Crippen LogP contribution is -2.37. The summed E-state index contributed by atoms with van der Waals surface area (Å²) in [4.78, 5) is 2.40. The van der Waals surface area contributed by atoms with E-state index in [2.05, 4.69) is 34.5 Å². The van der Waals surface area contributed by atoms with Crippen molar-refractivity contribution in [2.45, 2.75) is 13.1 Å². The number of nitrogens with zero attached hydrogens (tertiary/aromatic N) is 1. The van der Waals surface area contributed by atoms with Gasteiger partial charge in [-0.1, -0.05) is 18.2 Å². The number of nitrogens with one attached hydrogen (secondary N) is 1. The number of hydrogen-bond donors (Lipinski definition) is 1. The highest BCUT2D eigenvalue weighted by atomic mass is 16.5. The minimum atomic E-state index is 0.754. The molecule has 2 heterocycles. The van der Waals surface area contributed by atoms with Gasteiger partial charge in [0.25, 0.3) is 0 Å². The topological polar surface area (TPSA) is 37.6 Å². The van der Waals surface area contributed by atoms with E-state index in [1.54, 1.807) is 6.26 Å². The highest BCUT2D eigenvalue weighted by Gasteiger charge is 2.13. The van der Waals surface area contributed by atoms with E-state index in [0.29, 0.717) is 0 Å². The number of rotatable bonds is 5. The Morgan fingerprint density at radius 1 is 1.00 bits per heavy atom. The molecule has 4 nitrogen and oxygen atoms in total. The van der Waals surface area contributed by atoms with Crippen LogP contribution in [0.3, 0.4) is 0 Å². The van der Waals surface area contributed by atoms with Gasteiger partial charge in [-0.2, -0.15) is 0 Å². The summed E-state index contributed by atoms with van der Waals surface area (Å²) >= 11 is 0. The van der Waals surface area contributed by atoms with E-state index in [4.69, 9.17) is 9.15 Å². The first-order chi connectivity index (χ1) is 9.93. The molecule has 2 aromatic rings. The molecule has 4 heteroatoms. The molecule has 106 valence electrons. The maximum Gasteiger partial charge on any atom is 0.117 e. The summed E-state index contributed by atoms with van der Waals surface area (Å²) in [6.07, 6.45) is 1.71. The molecular weight excluding hydrogens is 252 g/mol.